The fourth-order valence-electron chi connectivity index (χ4n) is 2.67. The Morgan fingerprint density at radius 3 is 2.70 bits per heavy atom. The Hall–Kier alpha value is -2.77. The Balaban J connectivity index is 1.77. The topological polar surface area (TPSA) is 78.0 Å². The SMILES string of the molecule is CC(NC(=O)c1cn[nH]c1-c1cccc(Cl)c1)C(O)c1ccc(F)c(F)c1. The molecule has 0 saturated heterocycles. The minimum atomic E-state index is -1.22. The molecular weight excluding hydrogens is 376 g/mol. The van der Waals surface area contributed by atoms with Crippen molar-refractivity contribution < 1.29 is 18.7 Å². The van der Waals surface area contributed by atoms with Crippen LogP contribution >= 0.6 is 11.6 Å². The molecular formula is C19H16ClF2N3O2. The van der Waals surface area contributed by atoms with Crippen LogP contribution in [0.5, 0.6) is 0 Å². The number of aliphatic hydroxyl groups excluding tert-OH is 1. The summed E-state index contributed by atoms with van der Waals surface area (Å²) in [6.07, 6.45) is 0.146. The van der Waals surface area contributed by atoms with Crippen LogP contribution < -0.4 is 5.32 Å². The number of carbonyl (C=O) groups excluding carboxylic acids is 1. The average molecular weight is 392 g/mol. The van der Waals surface area contributed by atoms with Gasteiger partial charge in [-0.25, -0.2) is 8.78 Å². The van der Waals surface area contributed by atoms with Crippen molar-refractivity contribution in [1.29, 1.82) is 0 Å². The van der Waals surface area contributed by atoms with Crippen LogP contribution in [0.4, 0.5) is 8.78 Å². The van der Waals surface area contributed by atoms with E-state index in [4.69, 9.17) is 11.6 Å². The molecule has 3 N–H and O–H groups in total. The summed E-state index contributed by atoms with van der Waals surface area (Å²) in [5.74, 6) is -2.55. The third-order valence-electron chi connectivity index (χ3n) is 4.11. The van der Waals surface area contributed by atoms with Crippen molar-refractivity contribution in [1.82, 2.24) is 15.5 Å². The van der Waals surface area contributed by atoms with Gasteiger partial charge in [0.1, 0.15) is 0 Å². The van der Waals surface area contributed by atoms with Crippen LogP contribution in [0.3, 0.4) is 0 Å². The minimum Gasteiger partial charge on any atom is -0.386 e. The Labute approximate surface area is 159 Å². The van der Waals surface area contributed by atoms with E-state index in [0.29, 0.717) is 16.3 Å². The van der Waals surface area contributed by atoms with Crippen molar-refractivity contribution in [3.8, 4) is 11.3 Å². The molecule has 0 aliphatic rings. The van der Waals surface area contributed by atoms with Gasteiger partial charge in [0.15, 0.2) is 11.6 Å². The molecule has 0 fully saturated rings. The van der Waals surface area contributed by atoms with Crippen molar-refractivity contribution in [2.75, 3.05) is 0 Å². The highest BCUT2D eigenvalue weighted by Crippen LogP contribution is 2.25. The number of carbonyl (C=O) groups is 1. The van der Waals surface area contributed by atoms with Crippen molar-refractivity contribution >= 4 is 17.5 Å². The molecule has 2 atom stereocenters. The minimum absolute atomic E-state index is 0.156. The zero-order valence-corrected chi connectivity index (χ0v) is 15.0. The fourth-order valence-corrected chi connectivity index (χ4v) is 2.86. The standard InChI is InChI=1S/C19H16ClF2N3O2/c1-10(18(26)12-5-6-15(21)16(22)8-12)24-19(27)14-9-23-25-17(14)11-3-2-4-13(20)7-11/h2-10,18,26H,1H3,(H,23,25)(H,24,27). The number of amides is 1. The summed E-state index contributed by atoms with van der Waals surface area (Å²) in [5, 5.41) is 20.1. The van der Waals surface area contributed by atoms with Crippen molar-refractivity contribution in [3.05, 3.63) is 76.4 Å². The molecule has 3 aromatic rings. The van der Waals surface area contributed by atoms with E-state index in [2.05, 4.69) is 15.5 Å². The summed E-state index contributed by atoms with van der Waals surface area (Å²) in [7, 11) is 0. The summed E-state index contributed by atoms with van der Waals surface area (Å²) in [4.78, 5) is 12.6. The second-order valence-corrected chi connectivity index (χ2v) is 6.49. The molecule has 0 saturated carbocycles. The number of aromatic nitrogens is 2. The number of benzene rings is 2. The molecule has 2 aromatic carbocycles. The van der Waals surface area contributed by atoms with Crippen LogP contribution in [0.25, 0.3) is 11.3 Å². The van der Waals surface area contributed by atoms with Gasteiger partial charge in [0.05, 0.1) is 29.6 Å². The number of rotatable bonds is 5. The first-order valence-electron chi connectivity index (χ1n) is 8.10. The highest BCUT2D eigenvalue weighted by atomic mass is 35.5. The Morgan fingerprint density at radius 2 is 2.00 bits per heavy atom. The third kappa shape index (κ3) is 4.15. The largest absolute Gasteiger partial charge is 0.386 e. The number of hydrogen-bond acceptors (Lipinski definition) is 3. The first kappa shape index (κ1) is 19.0. The molecule has 8 heteroatoms. The molecule has 0 radical (unpaired) electrons. The number of H-pyrrole nitrogens is 1. The molecule has 1 amide bonds. The molecule has 0 aliphatic heterocycles. The molecule has 0 aliphatic carbocycles. The van der Waals surface area contributed by atoms with Crippen LogP contribution in [0.15, 0.2) is 48.7 Å². The maximum absolute atomic E-state index is 13.4. The van der Waals surface area contributed by atoms with E-state index in [0.717, 1.165) is 12.1 Å². The predicted octanol–water partition coefficient (Wildman–Crippen LogP) is 3.86. The lowest BCUT2D eigenvalue weighted by Gasteiger charge is -2.20. The van der Waals surface area contributed by atoms with Gasteiger partial charge >= 0.3 is 0 Å². The lowest BCUT2D eigenvalue weighted by molar-refractivity contribution is 0.0852. The first-order valence-corrected chi connectivity index (χ1v) is 8.48. The van der Waals surface area contributed by atoms with Gasteiger partial charge in [0.2, 0.25) is 0 Å². The lowest BCUT2D eigenvalue weighted by atomic mass is 10.0. The van der Waals surface area contributed by atoms with E-state index >= 15 is 0 Å². The molecule has 2 unspecified atom stereocenters. The van der Waals surface area contributed by atoms with Crippen molar-refractivity contribution in [3.63, 3.8) is 0 Å². The monoisotopic (exact) mass is 391 g/mol. The molecule has 0 bridgehead atoms. The van der Waals surface area contributed by atoms with Crippen LogP contribution in [-0.4, -0.2) is 27.3 Å². The zero-order valence-electron chi connectivity index (χ0n) is 14.2. The Morgan fingerprint density at radius 1 is 1.22 bits per heavy atom. The number of halogens is 3. The number of hydrogen-bond donors (Lipinski definition) is 3. The number of aromatic amines is 1. The predicted molar refractivity (Wildman–Crippen MR) is 97.3 cm³/mol. The summed E-state index contributed by atoms with van der Waals surface area (Å²) < 4.78 is 26.4. The first-order chi connectivity index (χ1) is 12.9. The van der Waals surface area contributed by atoms with Gasteiger partial charge in [-0.2, -0.15) is 5.10 Å². The van der Waals surface area contributed by atoms with E-state index in [9.17, 15) is 18.7 Å². The highest BCUT2D eigenvalue weighted by Gasteiger charge is 2.23. The summed E-state index contributed by atoms with van der Waals surface area (Å²) >= 11 is 5.99. The van der Waals surface area contributed by atoms with E-state index in [1.807, 2.05) is 0 Å². The third-order valence-corrected chi connectivity index (χ3v) is 4.35. The van der Waals surface area contributed by atoms with E-state index < -0.39 is 29.7 Å². The lowest BCUT2D eigenvalue weighted by Crippen LogP contribution is -2.37. The fraction of sp³-hybridized carbons (Fsp3) is 0.158. The average Bonchev–Trinajstić information content (AvgIpc) is 3.13. The van der Waals surface area contributed by atoms with Gasteiger partial charge in [-0.05, 0) is 36.8 Å². The van der Waals surface area contributed by atoms with Crippen LogP contribution in [0.2, 0.25) is 5.02 Å². The van der Waals surface area contributed by atoms with Crippen LogP contribution in [0, 0.1) is 11.6 Å². The molecule has 27 heavy (non-hydrogen) atoms. The maximum atomic E-state index is 13.4. The number of nitrogens with zero attached hydrogens (tertiary/aromatic N) is 1. The van der Waals surface area contributed by atoms with Crippen molar-refractivity contribution in [2.24, 2.45) is 0 Å². The van der Waals surface area contributed by atoms with Crippen LogP contribution in [-0.2, 0) is 0 Å². The smallest absolute Gasteiger partial charge is 0.255 e. The molecule has 0 spiro atoms. The molecule has 1 aromatic heterocycles. The number of aliphatic hydroxyl groups is 1. The van der Waals surface area contributed by atoms with Gasteiger partial charge in [-0.3, -0.25) is 9.89 Å². The second-order valence-electron chi connectivity index (χ2n) is 6.05. The van der Waals surface area contributed by atoms with Gasteiger partial charge in [-0.1, -0.05) is 29.8 Å². The van der Waals surface area contributed by atoms with E-state index in [-0.39, 0.29) is 11.1 Å². The second kappa shape index (κ2) is 7.85. The van der Waals surface area contributed by atoms with Gasteiger partial charge in [0, 0.05) is 10.6 Å². The molecule has 3 rings (SSSR count). The summed E-state index contributed by atoms with van der Waals surface area (Å²) in [6, 6.07) is 9.25. The zero-order chi connectivity index (χ0) is 19.6. The summed E-state index contributed by atoms with van der Waals surface area (Å²) in [5.41, 5.74) is 1.58. The normalized spacial score (nSPS) is 13.2. The maximum Gasteiger partial charge on any atom is 0.255 e. The Kier molecular flexibility index (Phi) is 5.53. The number of nitrogens with one attached hydrogen (secondary N) is 2. The molecule has 140 valence electrons. The summed E-state index contributed by atoms with van der Waals surface area (Å²) in [6.45, 7) is 1.56. The quantitative estimate of drug-likeness (QED) is 0.618. The molecule has 5 nitrogen and oxygen atoms in total. The molecule has 1 heterocycles. The highest BCUT2D eigenvalue weighted by molar-refractivity contribution is 6.30. The van der Waals surface area contributed by atoms with Crippen molar-refractivity contribution in [2.45, 2.75) is 19.1 Å². The van der Waals surface area contributed by atoms with Gasteiger partial charge in [0.25, 0.3) is 5.91 Å². The Bertz CT molecular complexity index is 977. The van der Waals surface area contributed by atoms with E-state index in [1.54, 1.807) is 31.2 Å². The van der Waals surface area contributed by atoms with Gasteiger partial charge in [-0.15, -0.1) is 0 Å². The van der Waals surface area contributed by atoms with E-state index in [1.165, 1.54) is 12.3 Å². The van der Waals surface area contributed by atoms with Crippen LogP contribution in [0.1, 0.15) is 28.9 Å². The van der Waals surface area contributed by atoms with Gasteiger partial charge < -0.3 is 10.4 Å².